The highest BCUT2D eigenvalue weighted by Crippen LogP contribution is 2.28. The number of likely N-dealkylation sites (tertiary alicyclic amines) is 1. The van der Waals surface area contributed by atoms with E-state index >= 15 is 0 Å². The molecule has 0 aliphatic carbocycles. The molecule has 0 saturated carbocycles. The summed E-state index contributed by atoms with van der Waals surface area (Å²) in [6, 6.07) is 12.5. The predicted molar refractivity (Wildman–Crippen MR) is 88.6 cm³/mol. The van der Waals surface area contributed by atoms with Gasteiger partial charge in [0.1, 0.15) is 11.5 Å². The second-order valence-electron chi connectivity index (χ2n) is 6.21. The van der Waals surface area contributed by atoms with Crippen LogP contribution in [0.1, 0.15) is 29.0 Å². The lowest BCUT2D eigenvalue weighted by Crippen LogP contribution is -2.29. The summed E-state index contributed by atoms with van der Waals surface area (Å²) in [5.41, 5.74) is 2.88. The Morgan fingerprint density at radius 3 is 2.61 bits per heavy atom. The molecule has 1 fully saturated rings. The number of benzene rings is 2. The van der Waals surface area contributed by atoms with Crippen LogP contribution in [0.15, 0.2) is 42.5 Å². The maximum absolute atomic E-state index is 12.5. The Balaban J connectivity index is 1.63. The highest BCUT2D eigenvalue weighted by atomic mass is 16.3. The van der Waals surface area contributed by atoms with Crippen molar-refractivity contribution in [2.24, 2.45) is 0 Å². The standard InChI is InChI=1S/C19H21NO3/c1-13-10-14(2-7-18(13)22)11-19(23)20-9-8-16(12-20)15-3-5-17(21)6-4-15/h2-7,10,16,21-22H,8-9,11-12H2,1H3/t16-/m1/s1. The van der Waals surface area contributed by atoms with Gasteiger partial charge in [-0.25, -0.2) is 0 Å². The van der Waals surface area contributed by atoms with Crippen molar-refractivity contribution in [3.05, 3.63) is 59.2 Å². The molecule has 1 aliphatic rings. The minimum atomic E-state index is 0.122. The highest BCUT2D eigenvalue weighted by molar-refractivity contribution is 5.79. The molecule has 23 heavy (non-hydrogen) atoms. The average molecular weight is 311 g/mol. The van der Waals surface area contributed by atoms with Gasteiger partial charge in [0.15, 0.2) is 0 Å². The van der Waals surface area contributed by atoms with Crippen LogP contribution in [0.4, 0.5) is 0 Å². The summed E-state index contributed by atoms with van der Waals surface area (Å²) in [7, 11) is 0. The molecule has 1 saturated heterocycles. The number of aromatic hydroxyl groups is 2. The van der Waals surface area contributed by atoms with Crippen LogP contribution in [0, 0.1) is 6.92 Å². The second kappa shape index (κ2) is 6.32. The van der Waals surface area contributed by atoms with Gasteiger partial charge in [0, 0.05) is 19.0 Å². The van der Waals surface area contributed by atoms with E-state index < -0.39 is 0 Å². The Kier molecular flexibility index (Phi) is 4.24. The maximum Gasteiger partial charge on any atom is 0.227 e. The molecule has 0 aromatic heterocycles. The minimum absolute atomic E-state index is 0.122. The van der Waals surface area contributed by atoms with Crippen LogP contribution in [0.2, 0.25) is 0 Å². The zero-order valence-electron chi connectivity index (χ0n) is 13.2. The van der Waals surface area contributed by atoms with Crippen molar-refractivity contribution in [1.82, 2.24) is 4.90 Å². The molecule has 1 atom stereocenters. The minimum Gasteiger partial charge on any atom is -0.508 e. The molecule has 2 aromatic carbocycles. The SMILES string of the molecule is Cc1cc(CC(=O)N2CC[C@@H](c3ccc(O)cc3)C2)ccc1O. The fraction of sp³-hybridized carbons (Fsp3) is 0.316. The van der Waals surface area contributed by atoms with E-state index in [0.717, 1.165) is 30.6 Å². The zero-order valence-corrected chi connectivity index (χ0v) is 13.2. The normalized spacial score (nSPS) is 17.4. The first-order valence-electron chi connectivity index (χ1n) is 7.88. The number of carbonyl (C=O) groups is 1. The van der Waals surface area contributed by atoms with E-state index in [1.54, 1.807) is 24.3 Å². The number of nitrogens with zero attached hydrogens (tertiary/aromatic N) is 1. The van der Waals surface area contributed by atoms with Crippen LogP contribution < -0.4 is 0 Å². The Morgan fingerprint density at radius 2 is 1.91 bits per heavy atom. The summed E-state index contributed by atoms with van der Waals surface area (Å²) in [6.07, 6.45) is 1.31. The van der Waals surface area contributed by atoms with Crippen LogP contribution in [0.5, 0.6) is 11.5 Å². The van der Waals surface area contributed by atoms with Crippen molar-refractivity contribution in [2.75, 3.05) is 13.1 Å². The molecule has 3 rings (SSSR count). The first-order chi connectivity index (χ1) is 11.0. The third kappa shape index (κ3) is 3.47. The molecular formula is C19H21NO3. The van der Waals surface area contributed by atoms with Gasteiger partial charge in [-0.05, 0) is 48.2 Å². The van der Waals surface area contributed by atoms with Crippen LogP contribution in [-0.2, 0) is 11.2 Å². The number of hydrogen-bond acceptors (Lipinski definition) is 3. The van der Waals surface area contributed by atoms with Crippen molar-refractivity contribution in [2.45, 2.75) is 25.7 Å². The average Bonchev–Trinajstić information content (AvgIpc) is 3.02. The molecule has 0 radical (unpaired) electrons. The summed E-state index contributed by atoms with van der Waals surface area (Å²) in [5.74, 6) is 0.981. The van der Waals surface area contributed by atoms with E-state index in [0.29, 0.717) is 12.3 Å². The van der Waals surface area contributed by atoms with Gasteiger partial charge in [-0.15, -0.1) is 0 Å². The maximum atomic E-state index is 12.5. The monoisotopic (exact) mass is 311 g/mol. The van der Waals surface area contributed by atoms with Crippen LogP contribution >= 0.6 is 0 Å². The molecule has 2 aromatic rings. The number of hydrogen-bond donors (Lipinski definition) is 2. The van der Waals surface area contributed by atoms with Gasteiger partial charge < -0.3 is 15.1 Å². The van der Waals surface area contributed by atoms with Crippen LogP contribution in [0.25, 0.3) is 0 Å². The summed E-state index contributed by atoms with van der Waals surface area (Å²) in [5, 5.41) is 18.9. The topological polar surface area (TPSA) is 60.8 Å². The molecule has 0 unspecified atom stereocenters. The Labute approximate surface area is 136 Å². The van der Waals surface area contributed by atoms with Gasteiger partial charge in [0.2, 0.25) is 5.91 Å². The lowest BCUT2D eigenvalue weighted by Gasteiger charge is -2.17. The fourth-order valence-corrected chi connectivity index (χ4v) is 3.12. The van der Waals surface area contributed by atoms with E-state index in [2.05, 4.69) is 0 Å². The molecule has 1 heterocycles. The highest BCUT2D eigenvalue weighted by Gasteiger charge is 2.27. The molecule has 4 nitrogen and oxygen atoms in total. The molecule has 2 N–H and O–H groups in total. The van der Waals surface area contributed by atoms with Crippen molar-refractivity contribution in [3.8, 4) is 11.5 Å². The van der Waals surface area contributed by atoms with Gasteiger partial charge in [0.25, 0.3) is 0 Å². The molecule has 4 heteroatoms. The quantitative estimate of drug-likeness (QED) is 0.916. The van der Waals surface area contributed by atoms with Crippen molar-refractivity contribution < 1.29 is 15.0 Å². The molecule has 1 aliphatic heterocycles. The number of amides is 1. The molecule has 0 spiro atoms. The third-order valence-electron chi connectivity index (χ3n) is 4.52. The number of phenols is 2. The van der Waals surface area contributed by atoms with Gasteiger partial charge in [-0.2, -0.15) is 0 Å². The van der Waals surface area contributed by atoms with Gasteiger partial charge in [-0.3, -0.25) is 4.79 Å². The fourth-order valence-electron chi connectivity index (χ4n) is 3.12. The van der Waals surface area contributed by atoms with Gasteiger partial charge in [0.05, 0.1) is 6.42 Å². The lowest BCUT2D eigenvalue weighted by atomic mass is 9.98. The summed E-state index contributed by atoms with van der Waals surface area (Å²) in [4.78, 5) is 14.4. The third-order valence-corrected chi connectivity index (χ3v) is 4.52. The molecule has 120 valence electrons. The summed E-state index contributed by atoms with van der Waals surface area (Å²) in [6.45, 7) is 3.32. The number of phenolic OH excluding ortho intramolecular Hbond substituents is 2. The largest absolute Gasteiger partial charge is 0.508 e. The van der Waals surface area contributed by atoms with E-state index in [1.807, 2.05) is 30.0 Å². The zero-order chi connectivity index (χ0) is 16.4. The first kappa shape index (κ1) is 15.4. The molecular weight excluding hydrogens is 290 g/mol. The summed E-state index contributed by atoms with van der Waals surface area (Å²) >= 11 is 0. The molecule has 0 bridgehead atoms. The van der Waals surface area contributed by atoms with Gasteiger partial charge >= 0.3 is 0 Å². The summed E-state index contributed by atoms with van der Waals surface area (Å²) < 4.78 is 0. The van der Waals surface area contributed by atoms with E-state index in [1.165, 1.54) is 5.56 Å². The van der Waals surface area contributed by atoms with Crippen molar-refractivity contribution in [1.29, 1.82) is 0 Å². The Hall–Kier alpha value is -2.49. The molecule has 1 amide bonds. The van der Waals surface area contributed by atoms with E-state index in [9.17, 15) is 15.0 Å². The second-order valence-corrected chi connectivity index (χ2v) is 6.21. The van der Waals surface area contributed by atoms with Crippen LogP contribution in [0.3, 0.4) is 0 Å². The lowest BCUT2D eigenvalue weighted by molar-refractivity contribution is -0.129. The van der Waals surface area contributed by atoms with Crippen molar-refractivity contribution >= 4 is 5.91 Å². The predicted octanol–water partition coefficient (Wildman–Crippen LogP) is 2.96. The first-order valence-corrected chi connectivity index (χ1v) is 7.88. The Morgan fingerprint density at radius 1 is 1.17 bits per heavy atom. The number of carbonyl (C=O) groups excluding carboxylic acids is 1. The van der Waals surface area contributed by atoms with Gasteiger partial charge in [-0.1, -0.05) is 24.3 Å². The van der Waals surface area contributed by atoms with Crippen LogP contribution in [-0.4, -0.2) is 34.1 Å². The number of rotatable bonds is 3. The van der Waals surface area contributed by atoms with E-state index in [-0.39, 0.29) is 17.4 Å². The smallest absolute Gasteiger partial charge is 0.227 e. The van der Waals surface area contributed by atoms with Crippen molar-refractivity contribution in [3.63, 3.8) is 0 Å². The van der Waals surface area contributed by atoms with E-state index in [4.69, 9.17) is 0 Å². The Bertz CT molecular complexity index is 709. The number of aryl methyl sites for hydroxylation is 1.